The zero-order chi connectivity index (χ0) is 20.5. The van der Waals surface area contributed by atoms with Crippen LogP contribution in [0.2, 0.25) is 5.02 Å². The molecule has 1 aromatic heterocycles. The normalized spacial score (nSPS) is 16.4. The Morgan fingerprint density at radius 1 is 1.17 bits per heavy atom. The highest BCUT2D eigenvalue weighted by Gasteiger charge is 2.32. The van der Waals surface area contributed by atoms with Crippen molar-refractivity contribution in [3.05, 3.63) is 102 Å². The molecule has 0 aliphatic carbocycles. The van der Waals surface area contributed by atoms with Crippen LogP contribution >= 0.6 is 22.9 Å². The Morgan fingerprint density at radius 2 is 1.86 bits per heavy atom. The number of hydrogen-bond donors (Lipinski definition) is 0. The molecule has 1 aliphatic heterocycles. The molecule has 0 N–H and O–H groups in total. The molecule has 3 aromatic rings. The summed E-state index contributed by atoms with van der Waals surface area (Å²) >= 11 is 7.24. The highest BCUT2D eigenvalue weighted by atomic mass is 35.5. The minimum absolute atomic E-state index is 0.202. The molecule has 0 unspecified atom stereocenters. The number of ether oxygens (including phenoxy) is 1. The summed E-state index contributed by atoms with van der Waals surface area (Å²) in [7, 11) is 1.33. The second kappa shape index (κ2) is 7.81. The van der Waals surface area contributed by atoms with Gasteiger partial charge in [-0.25, -0.2) is 9.79 Å². The van der Waals surface area contributed by atoms with Crippen LogP contribution in [0.4, 0.5) is 0 Å². The van der Waals surface area contributed by atoms with E-state index in [1.54, 1.807) is 29.7 Å². The first-order chi connectivity index (χ1) is 14.0. The Balaban J connectivity index is 1.97. The fraction of sp³-hybridized carbons (Fsp3) is 0.136. The van der Waals surface area contributed by atoms with E-state index >= 15 is 0 Å². The van der Waals surface area contributed by atoms with E-state index in [4.69, 9.17) is 16.3 Å². The summed E-state index contributed by atoms with van der Waals surface area (Å²) in [5.41, 5.74) is 2.39. The molecule has 5 nitrogen and oxygen atoms in total. The number of methoxy groups -OCH3 is 1. The Hall–Kier alpha value is -2.96. The van der Waals surface area contributed by atoms with E-state index in [0.717, 1.165) is 11.1 Å². The number of benzene rings is 2. The summed E-state index contributed by atoms with van der Waals surface area (Å²) in [4.78, 5) is 30.9. The second-order valence-corrected chi connectivity index (χ2v) is 7.98. The molecule has 1 aliphatic rings. The van der Waals surface area contributed by atoms with Crippen molar-refractivity contribution in [2.75, 3.05) is 7.11 Å². The monoisotopic (exact) mass is 424 g/mol. The van der Waals surface area contributed by atoms with Crippen molar-refractivity contribution < 1.29 is 9.53 Å². The first-order valence-electron chi connectivity index (χ1n) is 8.91. The fourth-order valence-electron chi connectivity index (χ4n) is 3.35. The Bertz CT molecular complexity index is 1290. The molecule has 146 valence electrons. The summed E-state index contributed by atoms with van der Waals surface area (Å²) < 4.78 is 7.10. The van der Waals surface area contributed by atoms with E-state index in [1.807, 2.05) is 42.5 Å². The van der Waals surface area contributed by atoms with Gasteiger partial charge in [0.2, 0.25) is 0 Å². The quantitative estimate of drug-likeness (QED) is 0.607. The molecule has 0 saturated carbocycles. The molecule has 0 spiro atoms. The molecule has 7 heteroatoms. The van der Waals surface area contributed by atoms with Gasteiger partial charge in [0, 0.05) is 5.02 Å². The van der Waals surface area contributed by atoms with Crippen molar-refractivity contribution in [3.8, 4) is 0 Å². The molecule has 4 rings (SSSR count). The number of esters is 1. The fourth-order valence-corrected chi connectivity index (χ4v) is 4.53. The van der Waals surface area contributed by atoms with Crippen molar-refractivity contribution in [2.24, 2.45) is 4.99 Å². The molecular weight excluding hydrogens is 408 g/mol. The average Bonchev–Trinajstić information content (AvgIpc) is 3.03. The van der Waals surface area contributed by atoms with E-state index < -0.39 is 12.0 Å². The van der Waals surface area contributed by atoms with E-state index in [9.17, 15) is 9.59 Å². The summed E-state index contributed by atoms with van der Waals surface area (Å²) in [5, 5.41) is 0.631. The van der Waals surface area contributed by atoms with Crippen LogP contribution in [0.5, 0.6) is 0 Å². The number of hydrogen-bond acceptors (Lipinski definition) is 5. The van der Waals surface area contributed by atoms with Crippen LogP contribution in [0.15, 0.2) is 75.7 Å². The third-order valence-electron chi connectivity index (χ3n) is 4.71. The number of fused-ring (bicyclic) bond motifs is 1. The number of allylic oxidation sites excluding steroid dienone is 1. The molecular formula is C22H17ClN2O3S. The maximum atomic E-state index is 13.3. The van der Waals surface area contributed by atoms with Crippen molar-refractivity contribution in [3.63, 3.8) is 0 Å². The topological polar surface area (TPSA) is 60.7 Å². The van der Waals surface area contributed by atoms with Crippen LogP contribution in [-0.2, 0) is 9.53 Å². The maximum Gasteiger partial charge on any atom is 0.338 e. The van der Waals surface area contributed by atoms with Gasteiger partial charge in [-0.05, 0) is 36.3 Å². The molecule has 2 aromatic carbocycles. The predicted molar refractivity (Wildman–Crippen MR) is 114 cm³/mol. The van der Waals surface area contributed by atoms with Gasteiger partial charge < -0.3 is 4.74 Å². The smallest absolute Gasteiger partial charge is 0.338 e. The molecule has 0 amide bonds. The number of rotatable bonds is 3. The van der Waals surface area contributed by atoms with Crippen molar-refractivity contribution in [1.29, 1.82) is 0 Å². The average molecular weight is 425 g/mol. The number of carbonyl (C=O) groups is 1. The zero-order valence-corrected chi connectivity index (χ0v) is 17.3. The Labute approximate surface area is 175 Å². The van der Waals surface area contributed by atoms with Crippen LogP contribution in [0.25, 0.3) is 6.08 Å². The first kappa shape index (κ1) is 19.4. The lowest BCUT2D eigenvalue weighted by molar-refractivity contribution is -0.136. The van der Waals surface area contributed by atoms with Crippen LogP contribution < -0.4 is 14.9 Å². The number of aromatic nitrogens is 1. The van der Waals surface area contributed by atoms with Crippen molar-refractivity contribution in [2.45, 2.75) is 13.0 Å². The number of carbonyl (C=O) groups excluding carboxylic acids is 1. The Morgan fingerprint density at radius 3 is 2.52 bits per heavy atom. The summed E-state index contributed by atoms with van der Waals surface area (Å²) in [5.74, 6) is -0.493. The highest BCUT2D eigenvalue weighted by Crippen LogP contribution is 2.30. The highest BCUT2D eigenvalue weighted by molar-refractivity contribution is 7.07. The summed E-state index contributed by atoms with van der Waals surface area (Å²) in [6.45, 7) is 1.76. The zero-order valence-electron chi connectivity index (χ0n) is 15.8. The van der Waals surface area contributed by atoms with Crippen molar-refractivity contribution in [1.82, 2.24) is 4.57 Å². The van der Waals surface area contributed by atoms with Gasteiger partial charge in [0.15, 0.2) is 4.80 Å². The second-order valence-electron chi connectivity index (χ2n) is 6.54. The largest absolute Gasteiger partial charge is 0.466 e. The lowest BCUT2D eigenvalue weighted by Gasteiger charge is -2.24. The molecule has 1 atom stereocenters. The minimum Gasteiger partial charge on any atom is -0.466 e. The molecule has 2 heterocycles. The Kier molecular flexibility index (Phi) is 5.22. The SMILES string of the molecule is COC(=O)C1=C(C)N=c2s/c(=C/c3ccc(Cl)cc3)c(=O)n2[C@H]1c1ccccc1. The van der Waals surface area contributed by atoms with Crippen LogP contribution in [-0.4, -0.2) is 17.6 Å². The van der Waals surface area contributed by atoms with E-state index in [-0.39, 0.29) is 5.56 Å². The van der Waals surface area contributed by atoms with Gasteiger partial charge >= 0.3 is 5.97 Å². The summed E-state index contributed by atoms with van der Waals surface area (Å²) in [6.07, 6.45) is 1.80. The molecule has 0 radical (unpaired) electrons. The van der Waals surface area contributed by atoms with Crippen LogP contribution in [0, 0.1) is 0 Å². The standard InChI is InChI=1S/C22H17ClN2O3S/c1-13-18(21(27)28-2)19(15-6-4-3-5-7-15)25-20(26)17(29-22(25)24-13)12-14-8-10-16(23)11-9-14/h3-12,19H,1-2H3/b17-12+/t19-/m0/s1. The molecule has 29 heavy (non-hydrogen) atoms. The van der Waals surface area contributed by atoms with Crippen LogP contribution in [0.3, 0.4) is 0 Å². The van der Waals surface area contributed by atoms with Gasteiger partial charge in [-0.1, -0.05) is 65.4 Å². The van der Waals surface area contributed by atoms with Crippen LogP contribution in [0.1, 0.15) is 24.1 Å². The molecule has 0 bridgehead atoms. The van der Waals surface area contributed by atoms with Crippen molar-refractivity contribution >= 4 is 35.0 Å². The van der Waals surface area contributed by atoms with E-state index in [2.05, 4.69) is 4.99 Å². The van der Waals surface area contributed by atoms with Gasteiger partial charge in [0.05, 0.1) is 29.0 Å². The number of thiazole rings is 1. The van der Waals surface area contributed by atoms with Gasteiger partial charge in [-0.15, -0.1) is 0 Å². The number of halogens is 1. The summed E-state index contributed by atoms with van der Waals surface area (Å²) in [6, 6.07) is 16.1. The van der Waals surface area contributed by atoms with Gasteiger partial charge in [-0.2, -0.15) is 0 Å². The van der Waals surface area contributed by atoms with Gasteiger partial charge in [0.1, 0.15) is 0 Å². The lowest BCUT2D eigenvalue weighted by Crippen LogP contribution is -2.39. The number of nitrogens with zero attached hydrogens (tertiary/aromatic N) is 2. The van der Waals surface area contributed by atoms with E-state index in [0.29, 0.717) is 25.6 Å². The third-order valence-corrected chi connectivity index (χ3v) is 5.94. The van der Waals surface area contributed by atoms with Gasteiger partial charge in [-0.3, -0.25) is 9.36 Å². The molecule has 0 fully saturated rings. The lowest BCUT2D eigenvalue weighted by atomic mass is 9.96. The van der Waals surface area contributed by atoms with E-state index in [1.165, 1.54) is 18.4 Å². The van der Waals surface area contributed by atoms with Gasteiger partial charge in [0.25, 0.3) is 5.56 Å². The maximum absolute atomic E-state index is 13.3. The molecule has 0 saturated heterocycles. The predicted octanol–water partition coefficient (Wildman–Crippen LogP) is 3.06. The first-order valence-corrected chi connectivity index (χ1v) is 10.1. The third kappa shape index (κ3) is 3.57. The minimum atomic E-state index is -0.590.